The Balaban J connectivity index is 1.70. The Hall–Kier alpha value is -1.47. The molecule has 0 aromatic carbocycles. The van der Waals surface area contributed by atoms with Crippen LogP contribution in [0.15, 0.2) is 0 Å². The van der Waals surface area contributed by atoms with Crippen molar-refractivity contribution in [3.05, 3.63) is 15.6 Å². The smallest absolute Gasteiger partial charge is 0.265 e. The minimum Gasteiger partial charge on any atom is -0.356 e. The number of nitrogens with zero attached hydrogens (tertiary/aromatic N) is 3. The number of carbonyl (C=O) groups is 2. The average Bonchev–Trinajstić information content (AvgIpc) is 3.09. The van der Waals surface area contributed by atoms with Crippen LogP contribution in [0.1, 0.15) is 85.1 Å². The fourth-order valence-electron chi connectivity index (χ4n) is 4.31. The Labute approximate surface area is 179 Å². The Morgan fingerprint density at radius 1 is 1.10 bits per heavy atom. The van der Waals surface area contributed by atoms with Crippen molar-refractivity contribution in [3.63, 3.8) is 0 Å². The quantitative estimate of drug-likeness (QED) is 0.794. The summed E-state index contributed by atoms with van der Waals surface area (Å²) in [6.07, 6.45) is 6.91. The molecule has 1 N–H and O–H groups in total. The molecule has 6 nitrogen and oxygen atoms in total. The van der Waals surface area contributed by atoms with Gasteiger partial charge in [0, 0.05) is 44.6 Å². The van der Waals surface area contributed by atoms with Crippen LogP contribution in [0.2, 0.25) is 0 Å². The molecule has 0 bridgehead atoms. The van der Waals surface area contributed by atoms with Crippen LogP contribution in [0, 0.1) is 6.92 Å². The SMILES string of the molecule is Cc1nc(C(C)C)sc1C(=O)N1CCCCNC(=O)CC2CCCCN2CCC1. The number of amides is 2. The summed E-state index contributed by atoms with van der Waals surface area (Å²) in [5, 5.41) is 4.12. The highest BCUT2D eigenvalue weighted by atomic mass is 32.1. The van der Waals surface area contributed by atoms with E-state index in [0.29, 0.717) is 24.9 Å². The standard InChI is InChI=1S/C22H36N4O2S/c1-16(2)21-24-17(3)20(29-21)22(28)26-12-7-5-10-23-19(27)15-18-9-4-6-11-25(18)13-8-14-26/h16,18H,4-15H2,1-3H3,(H,23,27). The minimum absolute atomic E-state index is 0.126. The zero-order valence-electron chi connectivity index (χ0n) is 18.2. The van der Waals surface area contributed by atoms with Gasteiger partial charge in [0.15, 0.2) is 0 Å². The van der Waals surface area contributed by atoms with Crippen LogP contribution < -0.4 is 5.32 Å². The molecule has 1 unspecified atom stereocenters. The van der Waals surface area contributed by atoms with E-state index in [2.05, 4.69) is 29.0 Å². The highest BCUT2D eigenvalue weighted by molar-refractivity contribution is 7.13. The van der Waals surface area contributed by atoms with E-state index in [4.69, 9.17) is 0 Å². The number of thiazole rings is 1. The fourth-order valence-corrected chi connectivity index (χ4v) is 5.35. The van der Waals surface area contributed by atoms with Crippen molar-refractivity contribution >= 4 is 23.2 Å². The van der Waals surface area contributed by atoms with Gasteiger partial charge in [-0.05, 0) is 45.6 Å². The molecule has 2 fully saturated rings. The molecule has 162 valence electrons. The van der Waals surface area contributed by atoms with Crippen molar-refractivity contribution in [3.8, 4) is 0 Å². The van der Waals surface area contributed by atoms with Crippen LogP contribution in [-0.2, 0) is 4.79 Å². The highest BCUT2D eigenvalue weighted by Gasteiger charge is 2.26. The van der Waals surface area contributed by atoms with Crippen molar-refractivity contribution in [1.82, 2.24) is 20.1 Å². The van der Waals surface area contributed by atoms with Crippen LogP contribution in [0.3, 0.4) is 0 Å². The third-order valence-corrected chi connectivity index (χ3v) is 7.45. The second kappa shape index (κ2) is 10.5. The minimum atomic E-state index is 0.126. The average molecular weight is 421 g/mol. The van der Waals surface area contributed by atoms with Crippen molar-refractivity contribution < 1.29 is 9.59 Å². The summed E-state index contributed by atoms with van der Waals surface area (Å²) in [6.45, 7) is 10.4. The molecule has 29 heavy (non-hydrogen) atoms. The number of hydrogen-bond acceptors (Lipinski definition) is 5. The normalized spacial score (nSPS) is 23.0. The molecule has 0 aliphatic carbocycles. The molecule has 2 amide bonds. The number of rotatable bonds is 2. The lowest BCUT2D eigenvalue weighted by molar-refractivity contribution is -0.122. The maximum atomic E-state index is 13.3. The van der Waals surface area contributed by atoms with Gasteiger partial charge in [-0.3, -0.25) is 14.5 Å². The zero-order chi connectivity index (χ0) is 20.8. The number of nitrogens with one attached hydrogen (secondary N) is 1. The summed E-state index contributed by atoms with van der Waals surface area (Å²) in [6, 6.07) is 0.353. The van der Waals surface area contributed by atoms with Crippen molar-refractivity contribution in [1.29, 1.82) is 0 Å². The van der Waals surface area contributed by atoms with Crippen molar-refractivity contribution in [2.24, 2.45) is 0 Å². The third-order valence-electron chi connectivity index (χ3n) is 6.01. The number of aryl methyl sites for hydroxylation is 1. The number of fused-ring (bicyclic) bond motifs is 1. The molecule has 2 aliphatic rings. The van der Waals surface area contributed by atoms with Crippen molar-refractivity contribution in [2.45, 2.75) is 77.7 Å². The lowest BCUT2D eigenvalue weighted by Gasteiger charge is -2.35. The van der Waals surface area contributed by atoms with Gasteiger partial charge in [0.1, 0.15) is 4.88 Å². The van der Waals surface area contributed by atoms with Gasteiger partial charge in [-0.25, -0.2) is 4.98 Å². The first kappa shape index (κ1) is 22.2. The van der Waals surface area contributed by atoms with E-state index in [1.165, 1.54) is 12.8 Å². The number of aromatic nitrogens is 1. The largest absolute Gasteiger partial charge is 0.356 e. The summed E-state index contributed by atoms with van der Waals surface area (Å²) in [5.41, 5.74) is 0.856. The van der Waals surface area contributed by atoms with E-state index in [9.17, 15) is 9.59 Å². The summed E-state index contributed by atoms with van der Waals surface area (Å²) in [7, 11) is 0. The van der Waals surface area contributed by atoms with Crippen molar-refractivity contribution in [2.75, 3.05) is 32.7 Å². The van der Waals surface area contributed by atoms with Crippen LogP contribution in [0.5, 0.6) is 0 Å². The molecular formula is C22H36N4O2S. The zero-order valence-corrected chi connectivity index (χ0v) is 19.0. The molecule has 1 aromatic heterocycles. The molecule has 0 saturated carbocycles. The Bertz CT molecular complexity index is 703. The molecule has 7 heteroatoms. The Morgan fingerprint density at radius 2 is 1.83 bits per heavy atom. The topological polar surface area (TPSA) is 65.5 Å². The lowest BCUT2D eigenvalue weighted by atomic mass is 9.98. The molecule has 1 aromatic rings. The number of hydrogen-bond donors (Lipinski definition) is 1. The molecule has 3 heterocycles. The molecule has 2 aliphatic heterocycles. The molecule has 3 rings (SSSR count). The fraction of sp³-hybridized carbons (Fsp3) is 0.773. The van der Waals surface area contributed by atoms with Gasteiger partial charge in [-0.1, -0.05) is 20.3 Å². The Morgan fingerprint density at radius 3 is 2.59 bits per heavy atom. The van der Waals surface area contributed by atoms with E-state index in [-0.39, 0.29) is 11.8 Å². The lowest BCUT2D eigenvalue weighted by Crippen LogP contribution is -2.44. The first-order chi connectivity index (χ1) is 14.0. The third kappa shape index (κ3) is 6.01. The molecule has 2 saturated heterocycles. The van der Waals surface area contributed by atoms with E-state index in [1.807, 2.05) is 11.8 Å². The van der Waals surface area contributed by atoms with Gasteiger partial charge in [-0.15, -0.1) is 11.3 Å². The van der Waals surface area contributed by atoms with Crippen LogP contribution in [-0.4, -0.2) is 65.4 Å². The first-order valence-corrected chi connectivity index (χ1v) is 12.0. The molecule has 0 radical (unpaired) electrons. The van der Waals surface area contributed by atoms with E-state index >= 15 is 0 Å². The monoisotopic (exact) mass is 420 g/mol. The highest BCUT2D eigenvalue weighted by Crippen LogP contribution is 2.26. The predicted octanol–water partition coefficient (Wildman–Crippen LogP) is 3.56. The molecule has 0 spiro atoms. The number of piperidine rings is 1. The Kier molecular flexibility index (Phi) is 8.07. The second-order valence-corrected chi connectivity index (χ2v) is 9.74. The molecule has 1 atom stereocenters. The van der Waals surface area contributed by atoms with Crippen LogP contribution in [0.25, 0.3) is 0 Å². The summed E-state index contributed by atoms with van der Waals surface area (Å²) < 4.78 is 0. The van der Waals surface area contributed by atoms with Gasteiger partial charge in [-0.2, -0.15) is 0 Å². The van der Waals surface area contributed by atoms with Gasteiger partial charge in [0.2, 0.25) is 5.91 Å². The van der Waals surface area contributed by atoms with Gasteiger partial charge < -0.3 is 10.2 Å². The summed E-state index contributed by atoms with van der Waals surface area (Å²) in [4.78, 5) is 35.5. The maximum absolute atomic E-state index is 13.3. The van der Waals surface area contributed by atoms with E-state index in [1.54, 1.807) is 11.3 Å². The first-order valence-electron chi connectivity index (χ1n) is 11.2. The van der Waals surface area contributed by atoms with Gasteiger partial charge in [0.25, 0.3) is 5.91 Å². The van der Waals surface area contributed by atoms with Crippen LogP contribution in [0.4, 0.5) is 0 Å². The van der Waals surface area contributed by atoms with Crippen LogP contribution >= 0.6 is 11.3 Å². The van der Waals surface area contributed by atoms with E-state index < -0.39 is 0 Å². The van der Waals surface area contributed by atoms with Gasteiger partial charge in [0.05, 0.1) is 10.7 Å². The second-order valence-electron chi connectivity index (χ2n) is 8.71. The van der Waals surface area contributed by atoms with E-state index in [0.717, 1.165) is 67.4 Å². The summed E-state index contributed by atoms with van der Waals surface area (Å²) >= 11 is 1.55. The predicted molar refractivity (Wildman–Crippen MR) is 118 cm³/mol. The summed E-state index contributed by atoms with van der Waals surface area (Å²) in [5.74, 6) is 0.645. The van der Waals surface area contributed by atoms with Gasteiger partial charge >= 0.3 is 0 Å². The molecular weight excluding hydrogens is 384 g/mol. The maximum Gasteiger partial charge on any atom is 0.265 e. The number of carbonyl (C=O) groups excluding carboxylic acids is 2.